The third-order valence-corrected chi connectivity index (χ3v) is 4.63. The summed E-state index contributed by atoms with van der Waals surface area (Å²) in [7, 11) is 1.96. The van der Waals surface area contributed by atoms with Crippen LogP contribution in [0.2, 0.25) is 0 Å². The van der Waals surface area contributed by atoms with Crippen molar-refractivity contribution in [3.8, 4) is 0 Å². The fourth-order valence-electron chi connectivity index (χ4n) is 3.36. The highest BCUT2D eigenvalue weighted by Crippen LogP contribution is 2.19. The van der Waals surface area contributed by atoms with Gasteiger partial charge in [-0.05, 0) is 45.2 Å². The molecule has 22 heavy (non-hydrogen) atoms. The number of hydrogen-bond donors (Lipinski definition) is 2. The first-order chi connectivity index (χ1) is 10.7. The van der Waals surface area contributed by atoms with Gasteiger partial charge >= 0.3 is 0 Å². The van der Waals surface area contributed by atoms with Crippen LogP contribution in [0.3, 0.4) is 0 Å². The topological polar surface area (TPSA) is 36.4 Å². The van der Waals surface area contributed by atoms with Crippen molar-refractivity contribution in [1.29, 1.82) is 0 Å². The van der Waals surface area contributed by atoms with Crippen molar-refractivity contribution < 1.29 is 0 Å². The number of nitrogens with zero attached hydrogens (tertiary/aromatic N) is 1. The summed E-state index contributed by atoms with van der Waals surface area (Å²) in [5, 5.41) is 6.85. The molecule has 3 heteroatoms. The Morgan fingerprint density at radius 3 is 2.55 bits per heavy atom. The van der Waals surface area contributed by atoms with Gasteiger partial charge in [0, 0.05) is 17.5 Å². The third-order valence-electron chi connectivity index (χ3n) is 4.63. The molecule has 0 amide bonds. The molecule has 0 heterocycles. The molecule has 0 saturated heterocycles. The minimum absolute atomic E-state index is 0.674. The Balaban J connectivity index is 2.62. The molecule has 1 saturated carbocycles. The van der Waals surface area contributed by atoms with Crippen LogP contribution in [0.5, 0.6) is 0 Å². The van der Waals surface area contributed by atoms with Gasteiger partial charge in [0.25, 0.3) is 0 Å². The van der Waals surface area contributed by atoms with Crippen molar-refractivity contribution in [2.45, 2.75) is 84.6 Å². The third kappa shape index (κ3) is 7.98. The van der Waals surface area contributed by atoms with E-state index < -0.39 is 0 Å². The summed E-state index contributed by atoms with van der Waals surface area (Å²) in [5.74, 6) is 0.763. The van der Waals surface area contributed by atoms with Gasteiger partial charge < -0.3 is 10.6 Å². The second-order valence-electron chi connectivity index (χ2n) is 6.73. The number of nitrogens with one attached hydrogen (secondary N) is 2. The molecule has 0 radical (unpaired) electrons. The Morgan fingerprint density at radius 2 is 1.95 bits per heavy atom. The van der Waals surface area contributed by atoms with Gasteiger partial charge in [0.1, 0.15) is 0 Å². The summed E-state index contributed by atoms with van der Waals surface area (Å²) in [6.07, 6.45) is 14.0. The molecule has 0 aromatic heterocycles. The zero-order chi connectivity index (χ0) is 16.2. The lowest BCUT2D eigenvalue weighted by atomic mass is 9.93. The maximum Gasteiger partial charge on any atom is 0.0885 e. The lowest BCUT2D eigenvalue weighted by Gasteiger charge is -2.24. The highest BCUT2D eigenvalue weighted by molar-refractivity contribution is 5.95. The van der Waals surface area contributed by atoms with Crippen LogP contribution in [0.15, 0.2) is 16.8 Å². The van der Waals surface area contributed by atoms with E-state index in [1.807, 2.05) is 7.05 Å². The SMILES string of the molecule is CCCC(CC)CC(/C=C(\C)NC1CCCCC1)=NCNC. The Kier molecular flexibility index (Phi) is 10.2. The predicted molar refractivity (Wildman–Crippen MR) is 98.4 cm³/mol. The van der Waals surface area contributed by atoms with Gasteiger partial charge in [-0.25, -0.2) is 0 Å². The molecular formula is C19H37N3. The monoisotopic (exact) mass is 307 g/mol. The van der Waals surface area contributed by atoms with Crippen LogP contribution in [0.1, 0.15) is 78.6 Å². The van der Waals surface area contributed by atoms with E-state index in [0.29, 0.717) is 12.7 Å². The zero-order valence-electron chi connectivity index (χ0n) is 15.3. The molecule has 3 nitrogen and oxygen atoms in total. The summed E-state index contributed by atoms with van der Waals surface area (Å²) in [4.78, 5) is 4.73. The van der Waals surface area contributed by atoms with Crippen molar-refractivity contribution in [1.82, 2.24) is 10.6 Å². The van der Waals surface area contributed by atoms with Gasteiger partial charge in [0.2, 0.25) is 0 Å². The van der Waals surface area contributed by atoms with Crippen molar-refractivity contribution in [3.05, 3.63) is 11.8 Å². The molecule has 1 fully saturated rings. The summed E-state index contributed by atoms with van der Waals surface area (Å²) >= 11 is 0. The first-order valence-electron chi connectivity index (χ1n) is 9.32. The largest absolute Gasteiger partial charge is 0.386 e. The van der Waals surface area contributed by atoms with Gasteiger partial charge in [0.15, 0.2) is 0 Å². The molecule has 0 spiro atoms. The Hall–Kier alpha value is -0.830. The minimum atomic E-state index is 0.674. The minimum Gasteiger partial charge on any atom is -0.386 e. The predicted octanol–water partition coefficient (Wildman–Crippen LogP) is 4.65. The van der Waals surface area contributed by atoms with Crippen molar-refractivity contribution >= 4 is 5.71 Å². The van der Waals surface area contributed by atoms with Gasteiger partial charge in [-0.15, -0.1) is 0 Å². The van der Waals surface area contributed by atoms with Crippen LogP contribution in [-0.2, 0) is 0 Å². The molecule has 1 aliphatic carbocycles. The van der Waals surface area contributed by atoms with Crippen molar-refractivity contribution in [2.75, 3.05) is 13.7 Å². The maximum absolute atomic E-state index is 4.73. The highest BCUT2D eigenvalue weighted by atomic mass is 15.0. The van der Waals surface area contributed by atoms with E-state index in [2.05, 4.69) is 37.5 Å². The molecule has 0 aromatic carbocycles. The second-order valence-corrected chi connectivity index (χ2v) is 6.73. The zero-order valence-corrected chi connectivity index (χ0v) is 15.3. The molecule has 128 valence electrons. The lowest BCUT2D eigenvalue weighted by Crippen LogP contribution is -2.30. The van der Waals surface area contributed by atoms with Crippen molar-refractivity contribution in [2.24, 2.45) is 10.9 Å². The first-order valence-corrected chi connectivity index (χ1v) is 9.32. The number of allylic oxidation sites excluding steroid dienone is 2. The smallest absolute Gasteiger partial charge is 0.0885 e. The summed E-state index contributed by atoms with van der Waals surface area (Å²) in [6, 6.07) is 0.674. The molecule has 2 N–H and O–H groups in total. The highest BCUT2D eigenvalue weighted by Gasteiger charge is 2.13. The Labute approximate surface area is 138 Å². The van der Waals surface area contributed by atoms with Crippen LogP contribution in [0.4, 0.5) is 0 Å². The second kappa shape index (κ2) is 11.7. The van der Waals surface area contributed by atoms with Crippen LogP contribution >= 0.6 is 0 Å². The molecule has 1 aliphatic rings. The van der Waals surface area contributed by atoms with E-state index in [4.69, 9.17) is 4.99 Å². The molecule has 0 aromatic rings. The molecule has 1 rings (SSSR count). The van der Waals surface area contributed by atoms with Crippen LogP contribution in [0.25, 0.3) is 0 Å². The van der Waals surface area contributed by atoms with E-state index in [9.17, 15) is 0 Å². The molecule has 0 bridgehead atoms. The van der Waals surface area contributed by atoms with Crippen LogP contribution < -0.4 is 10.6 Å². The lowest BCUT2D eigenvalue weighted by molar-refractivity contribution is 0.397. The van der Waals surface area contributed by atoms with Crippen LogP contribution in [0, 0.1) is 5.92 Å². The number of rotatable bonds is 10. The molecule has 1 atom stereocenters. The van der Waals surface area contributed by atoms with E-state index in [1.54, 1.807) is 0 Å². The van der Waals surface area contributed by atoms with E-state index >= 15 is 0 Å². The molecule has 1 unspecified atom stereocenters. The summed E-state index contributed by atoms with van der Waals surface area (Å²) < 4.78 is 0. The number of aliphatic imine (C=N–C) groups is 1. The molecular weight excluding hydrogens is 270 g/mol. The van der Waals surface area contributed by atoms with Gasteiger partial charge in [0.05, 0.1) is 6.67 Å². The normalized spacial score (nSPS) is 19.3. The fourth-order valence-corrected chi connectivity index (χ4v) is 3.36. The van der Waals surface area contributed by atoms with Crippen molar-refractivity contribution in [3.63, 3.8) is 0 Å². The average molecular weight is 308 g/mol. The van der Waals surface area contributed by atoms with E-state index in [1.165, 1.54) is 62.8 Å². The summed E-state index contributed by atoms with van der Waals surface area (Å²) in [5.41, 5.74) is 2.53. The quantitative estimate of drug-likeness (QED) is 0.577. The number of hydrogen-bond acceptors (Lipinski definition) is 3. The molecule has 0 aliphatic heterocycles. The standard InChI is InChI=1S/C19H37N3/c1-5-10-17(6-2)14-19(21-15-20-4)13-16(3)22-18-11-8-7-9-12-18/h13,17-18,20,22H,5-12,14-15H2,1-4H3/b16-13+,21-19?. The Bertz CT molecular complexity index is 341. The fraction of sp³-hybridized carbons (Fsp3) is 0.842. The van der Waals surface area contributed by atoms with Crippen LogP contribution in [-0.4, -0.2) is 25.5 Å². The average Bonchev–Trinajstić information content (AvgIpc) is 2.52. The maximum atomic E-state index is 4.73. The van der Waals surface area contributed by atoms with E-state index in [-0.39, 0.29) is 0 Å². The first kappa shape index (κ1) is 19.2. The van der Waals surface area contributed by atoms with E-state index in [0.717, 1.165) is 12.3 Å². The van der Waals surface area contributed by atoms with Gasteiger partial charge in [-0.1, -0.05) is 52.4 Å². The van der Waals surface area contributed by atoms with Gasteiger partial charge in [-0.2, -0.15) is 0 Å². The summed E-state index contributed by atoms with van der Waals surface area (Å²) in [6.45, 7) is 7.49. The Morgan fingerprint density at radius 1 is 1.23 bits per heavy atom. The van der Waals surface area contributed by atoms with Gasteiger partial charge in [-0.3, -0.25) is 4.99 Å².